The van der Waals surface area contributed by atoms with Gasteiger partial charge in [-0.3, -0.25) is 5.43 Å². The van der Waals surface area contributed by atoms with E-state index >= 15 is 0 Å². The van der Waals surface area contributed by atoms with E-state index in [-0.39, 0.29) is 5.71 Å². The summed E-state index contributed by atoms with van der Waals surface area (Å²) in [5.41, 5.74) is 3.93. The van der Waals surface area contributed by atoms with Gasteiger partial charge >= 0.3 is 5.97 Å². The molecular formula is C17H16N2O3S. The first-order valence-corrected chi connectivity index (χ1v) is 8.05. The van der Waals surface area contributed by atoms with Crippen LogP contribution in [0, 0.1) is 0 Å². The summed E-state index contributed by atoms with van der Waals surface area (Å²) in [6, 6.07) is 13.6. The van der Waals surface area contributed by atoms with E-state index in [9.17, 15) is 4.79 Å². The SMILES string of the molecule is CCOC(=O)C(C)=NNc1ccc2c(c1)Sc1ccccc1O2. The predicted octanol–water partition coefficient (Wildman–Crippen LogP) is 4.29. The van der Waals surface area contributed by atoms with Gasteiger partial charge in [0.05, 0.1) is 22.1 Å². The molecule has 0 radical (unpaired) electrons. The average Bonchev–Trinajstić information content (AvgIpc) is 2.57. The zero-order valence-electron chi connectivity index (χ0n) is 12.8. The molecule has 0 unspecified atom stereocenters. The molecule has 2 aromatic rings. The Kier molecular flexibility index (Phi) is 4.52. The average molecular weight is 328 g/mol. The molecule has 0 bridgehead atoms. The molecule has 1 aliphatic heterocycles. The lowest BCUT2D eigenvalue weighted by Crippen LogP contribution is -2.15. The number of ether oxygens (including phenoxy) is 2. The number of hydrazone groups is 1. The van der Waals surface area contributed by atoms with Gasteiger partial charge in [-0.2, -0.15) is 5.10 Å². The zero-order chi connectivity index (χ0) is 16.2. The monoisotopic (exact) mass is 328 g/mol. The molecule has 6 heteroatoms. The second-order valence-corrected chi connectivity index (χ2v) is 5.93. The largest absolute Gasteiger partial charge is 0.461 e. The van der Waals surface area contributed by atoms with Crippen LogP contribution in [-0.4, -0.2) is 18.3 Å². The van der Waals surface area contributed by atoms with E-state index in [1.807, 2.05) is 42.5 Å². The highest BCUT2D eigenvalue weighted by molar-refractivity contribution is 7.99. The van der Waals surface area contributed by atoms with Crippen molar-refractivity contribution in [2.75, 3.05) is 12.0 Å². The number of fused-ring (bicyclic) bond motifs is 2. The van der Waals surface area contributed by atoms with Crippen molar-refractivity contribution in [3.8, 4) is 11.5 Å². The van der Waals surface area contributed by atoms with E-state index in [4.69, 9.17) is 9.47 Å². The molecule has 0 saturated carbocycles. The van der Waals surface area contributed by atoms with Gasteiger partial charge in [-0.05, 0) is 44.2 Å². The van der Waals surface area contributed by atoms with Crippen molar-refractivity contribution in [2.45, 2.75) is 23.6 Å². The maximum Gasteiger partial charge on any atom is 0.354 e. The highest BCUT2D eigenvalue weighted by Crippen LogP contribution is 2.47. The Morgan fingerprint density at radius 1 is 1.22 bits per heavy atom. The van der Waals surface area contributed by atoms with Crippen LogP contribution >= 0.6 is 11.8 Å². The number of hydrogen-bond donors (Lipinski definition) is 1. The van der Waals surface area contributed by atoms with Crippen molar-refractivity contribution >= 4 is 29.1 Å². The summed E-state index contributed by atoms with van der Waals surface area (Å²) in [5, 5.41) is 4.05. The quantitative estimate of drug-likeness (QED) is 0.440. The van der Waals surface area contributed by atoms with Gasteiger partial charge < -0.3 is 9.47 Å². The first-order valence-electron chi connectivity index (χ1n) is 7.23. The third kappa shape index (κ3) is 3.48. The van der Waals surface area contributed by atoms with Crippen LogP contribution in [0.3, 0.4) is 0 Å². The highest BCUT2D eigenvalue weighted by atomic mass is 32.2. The molecule has 0 fully saturated rings. The van der Waals surface area contributed by atoms with E-state index < -0.39 is 5.97 Å². The summed E-state index contributed by atoms with van der Waals surface area (Å²) < 4.78 is 10.8. The maximum absolute atomic E-state index is 11.5. The molecule has 0 atom stereocenters. The molecule has 1 heterocycles. The second-order valence-electron chi connectivity index (χ2n) is 4.84. The van der Waals surface area contributed by atoms with Crippen molar-refractivity contribution in [2.24, 2.45) is 5.10 Å². The molecule has 23 heavy (non-hydrogen) atoms. The standard InChI is InChI=1S/C17H16N2O3S/c1-3-21-17(20)11(2)18-19-12-8-9-14-16(10-12)23-15-7-5-4-6-13(15)22-14/h4-10,19H,3H2,1-2H3. The first-order chi connectivity index (χ1) is 11.2. The van der Waals surface area contributed by atoms with Crippen molar-refractivity contribution in [3.63, 3.8) is 0 Å². The Hall–Kier alpha value is -2.47. The number of anilines is 1. The minimum atomic E-state index is -0.426. The molecule has 0 spiro atoms. The van der Waals surface area contributed by atoms with Gasteiger partial charge in [-0.25, -0.2) is 4.79 Å². The van der Waals surface area contributed by atoms with E-state index in [0.29, 0.717) is 6.61 Å². The molecule has 0 aliphatic carbocycles. The van der Waals surface area contributed by atoms with Gasteiger partial charge in [0.15, 0.2) is 0 Å². The Morgan fingerprint density at radius 3 is 2.83 bits per heavy atom. The lowest BCUT2D eigenvalue weighted by molar-refractivity contribution is -0.135. The third-order valence-electron chi connectivity index (χ3n) is 3.16. The van der Waals surface area contributed by atoms with E-state index in [1.54, 1.807) is 25.6 Å². The minimum Gasteiger partial charge on any atom is -0.461 e. The van der Waals surface area contributed by atoms with Crippen LogP contribution in [0.1, 0.15) is 13.8 Å². The Labute approximate surface area is 138 Å². The van der Waals surface area contributed by atoms with Gasteiger partial charge in [0, 0.05) is 0 Å². The predicted molar refractivity (Wildman–Crippen MR) is 90.4 cm³/mol. The Bertz CT molecular complexity index is 774. The van der Waals surface area contributed by atoms with Crippen LogP contribution in [0.15, 0.2) is 57.4 Å². The van der Waals surface area contributed by atoms with Gasteiger partial charge in [0.25, 0.3) is 0 Å². The summed E-state index contributed by atoms with van der Waals surface area (Å²) in [7, 11) is 0. The molecule has 3 rings (SSSR count). The van der Waals surface area contributed by atoms with Crippen LogP contribution in [0.5, 0.6) is 11.5 Å². The lowest BCUT2D eigenvalue weighted by Gasteiger charge is -2.19. The molecule has 0 saturated heterocycles. The number of nitrogens with zero attached hydrogens (tertiary/aromatic N) is 1. The van der Waals surface area contributed by atoms with Crippen LogP contribution in [0.4, 0.5) is 5.69 Å². The molecule has 0 aromatic heterocycles. The summed E-state index contributed by atoms with van der Waals surface area (Å²) in [4.78, 5) is 13.6. The van der Waals surface area contributed by atoms with Crippen LogP contribution in [0.2, 0.25) is 0 Å². The fourth-order valence-electron chi connectivity index (χ4n) is 2.03. The first kappa shape index (κ1) is 15.4. The number of rotatable bonds is 4. The number of carbonyl (C=O) groups is 1. The van der Waals surface area contributed by atoms with Crippen LogP contribution in [0.25, 0.3) is 0 Å². The summed E-state index contributed by atoms with van der Waals surface area (Å²) in [6.07, 6.45) is 0. The van der Waals surface area contributed by atoms with Gasteiger partial charge in [-0.1, -0.05) is 23.9 Å². The van der Waals surface area contributed by atoms with Crippen molar-refractivity contribution in [3.05, 3.63) is 42.5 Å². The fraction of sp³-hybridized carbons (Fsp3) is 0.176. The molecule has 118 valence electrons. The van der Waals surface area contributed by atoms with Gasteiger partial charge in [0.1, 0.15) is 17.2 Å². The smallest absolute Gasteiger partial charge is 0.354 e. The number of carbonyl (C=O) groups excluding carboxylic acids is 1. The summed E-state index contributed by atoms with van der Waals surface area (Å²) >= 11 is 1.64. The number of nitrogens with one attached hydrogen (secondary N) is 1. The molecule has 1 N–H and O–H groups in total. The van der Waals surface area contributed by atoms with Crippen LogP contribution in [-0.2, 0) is 9.53 Å². The van der Waals surface area contributed by atoms with Crippen molar-refractivity contribution in [1.29, 1.82) is 0 Å². The topological polar surface area (TPSA) is 59.9 Å². The highest BCUT2D eigenvalue weighted by Gasteiger charge is 2.17. The summed E-state index contributed by atoms with van der Waals surface area (Å²) in [5.74, 6) is 1.25. The van der Waals surface area contributed by atoms with E-state index in [0.717, 1.165) is 27.0 Å². The third-order valence-corrected chi connectivity index (χ3v) is 4.25. The molecular weight excluding hydrogens is 312 g/mol. The maximum atomic E-state index is 11.5. The fourth-order valence-corrected chi connectivity index (χ4v) is 3.02. The number of para-hydroxylation sites is 1. The number of esters is 1. The minimum absolute atomic E-state index is 0.277. The second kappa shape index (κ2) is 6.75. The summed E-state index contributed by atoms with van der Waals surface area (Å²) in [6.45, 7) is 3.70. The normalized spacial score (nSPS) is 12.7. The van der Waals surface area contributed by atoms with Gasteiger partial charge in [0.2, 0.25) is 0 Å². The Balaban J connectivity index is 1.75. The molecule has 1 aliphatic rings. The van der Waals surface area contributed by atoms with E-state index in [1.165, 1.54) is 0 Å². The number of hydrogen-bond acceptors (Lipinski definition) is 6. The van der Waals surface area contributed by atoms with Crippen molar-refractivity contribution < 1.29 is 14.3 Å². The van der Waals surface area contributed by atoms with Crippen molar-refractivity contribution in [1.82, 2.24) is 0 Å². The number of benzene rings is 2. The molecule has 0 amide bonds. The zero-order valence-corrected chi connectivity index (χ0v) is 13.6. The molecule has 5 nitrogen and oxygen atoms in total. The van der Waals surface area contributed by atoms with Crippen LogP contribution < -0.4 is 10.2 Å². The van der Waals surface area contributed by atoms with E-state index in [2.05, 4.69) is 10.5 Å². The Morgan fingerprint density at radius 2 is 2.00 bits per heavy atom. The van der Waals surface area contributed by atoms with Gasteiger partial charge in [-0.15, -0.1) is 0 Å². The lowest BCUT2D eigenvalue weighted by atomic mass is 10.3. The molecule has 2 aromatic carbocycles.